The standard InChI is InChI=1S/C33H37FN4O5S2/c1-33(2,41)23-10-12-37(13-11-23)24-5-3-4-22(16-24)28-17-25(31-36-27(19-44-31)32(39)40)29(15-20-6-7-20)38(28)18-21-8-9-30(26(34)14-21)45(35,42)43/h3-5,8-9,14,16-17,19-20,23,41H,6-7,10-13,15,18H2,1-2H3,(H,39,40)(H2,35,42,43). The van der Waals surface area contributed by atoms with Crippen LogP contribution < -0.4 is 10.0 Å². The number of anilines is 1. The molecule has 0 amide bonds. The second-order valence-electron chi connectivity index (χ2n) is 12.7. The van der Waals surface area contributed by atoms with E-state index in [0.717, 1.165) is 73.4 Å². The van der Waals surface area contributed by atoms with Crippen molar-refractivity contribution in [1.82, 2.24) is 9.55 Å². The van der Waals surface area contributed by atoms with Gasteiger partial charge in [-0.3, -0.25) is 0 Å². The van der Waals surface area contributed by atoms with Gasteiger partial charge in [0, 0.05) is 53.2 Å². The number of halogens is 1. The molecule has 2 aliphatic rings. The average molecular weight is 653 g/mol. The maximum Gasteiger partial charge on any atom is 0.355 e. The number of primary sulfonamides is 1. The number of aromatic carboxylic acids is 1. The van der Waals surface area contributed by atoms with Gasteiger partial charge in [0.05, 0.1) is 5.60 Å². The number of carboxylic acids is 1. The highest BCUT2D eigenvalue weighted by atomic mass is 32.2. The van der Waals surface area contributed by atoms with Gasteiger partial charge in [-0.1, -0.05) is 18.2 Å². The monoisotopic (exact) mass is 652 g/mol. The smallest absolute Gasteiger partial charge is 0.355 e. The van der Waals surface area contributed by atoms with Crippen LogP contribution in [0, 0.1) is 17.7 Å². The number of hydrogen-bond donors (Lipinski definition) is 3. The molecule has 0 bridgehead atoms. The quantitative estimate of drug-likeness (QED) is 0.198. The minimum atomic E-state index is -4.21. The Balaban J connectivity index is 1.44. The minimum absolute atomic E-state index is 0.0150. The van der Waals surface area contributed by atoms with Crippen LogP contribution in [0.5, 0.6) is 0 Å². The average Bonchev–Trinajstić information content (AvgIpc) is 3.54. The summed E-state index contributed by atoms with van der Waals surface area (Å²) in [4.78, 5) is 17.9. The Bertz CT molecular complexity index is 1850. The SMILES string of the molecule is CC(C)(O)C1CCN(c2cccc(-c3cc(-c4nc(C(=O)O)cs4)c(CC4CC4)n3Cc3ccc(S(N)(=O)=O)c(F)c3)c2)CC1. The lowest BCUT2D eigenvalue weighted by Gasteiger charge is -2.39. The molecule has 0 spiro atoms. The Morgan fingerprint density at radius 1 is 1.11 bits per heavy atom. The van der Waals surface area contributed by atoms with Gasteiger partial charge in [-0.05, 0) is 93.7 Å². The highest BCUT2D eigenvalue weighted by molar-refractivity contribution is 7.89. The number of carbonyl (C=O) groups is 1. The summed E-state index contributed by atoms with van der Waals surface area (Å²) in [6.45, 7) is 5.65. The molecule has 3 heterocycles. The number of aromatic nitrogens is 2. The Kier molecular flexibility index (Phi) is 8.36. The summed E-state index contributed by atoms with van der Waals surface area (Å²) in [5, 5.41) is 27.4. The van der Waals surface area contributed by atoms with Crippen molar-refractivity contribution in [2.45, 2.75) is 63.0 Å². The normalized spacial score (nSPS) is 16.3. The first-order valence-corrected chi connectivity index (χ1v) is 17.5. The molecule has 12 heteroatoms. The summed E-state index contributed by atoms with van der Waals surface area (Å²) in [7, 11) is -4.21. The van der Waals surface area contributed by atoms with Crippen LogP contribution in [-0.2, 0) is 23.0 Å². The van der Waals surface area contributed by atoms with E-state index in [1.807, 2.05) is 32.0 Å². The number of rotatable bonds is 10. The van der Waals surface area contributed by atoms with Crippen molar-refractivity contribution in [3.05, 3.63) is 76.7 Å². The molecular formula is C33H37FN4O5S2. The molecule has 1 saturated heterocycles. The Hall–Kier alpha value is -3.58. The lowest BCUT2D eigenvalue weighted by atomic mass is 9.83. The van der Waals surface area contributed by atoms with Crippen molar-refractivity contribution in [3.63, 3.8) is 0 Å². The fourth-order valence-corrected chi connectivity index (χ4v) is 7.69. The minimum Gasteiger partial charge on any atom is -0.476 e. The van der Waals surface area contributed by atoms with E-state index in [0.29, 0.717) is 16.5 Å². The van der Waals surface area contributed by atoms with Crippen molar-refractivity contribution in [3.8, 4) is 21.8 Å². The van der Waals surface area contributed by atoms with Crippen molar-refractivity contribution in [2.75, 3.05) is 18.0 Å². The van der Waals surface area contributed by atoms with Crippen LogP contribution in [0.15, 0.2) is 58.8 Å². The van der Waals surface area contributed by atoms with E-state index in [1.165, 1.54) is 28.8 Å². The second kappa shape index (κ2) is 12.0. The molecular weight excluding hydrogens is 616 g/mol. The maximum absolute atomic E-state index is 14.9. The Morgan fingerprint density at radius 2 is 1.84 bits per heavy atom. The summed E-state index contributed by atoms with van der Waals surface area (Å²) in [6, 6.07) is 14.3. The van der Waals surface area contributed by atoms with E-state index >= 15 is 0 Å². The van der Waals surface area contributed by atoms with E-state index in [4.69, 9.17) is 5.14 Å². The van der Waals surface area contributed by atoms with Gasteiger partial charge in [-0.15, -0.1) is 11.3 Å². The van der Waals surface area contributed by atoms with Crippen LogP contribution >= 0.6 is 11.3 Å². The van der Waals surface area contributed by atoms with Crippen LogP contribution in [0.25, 0.3) is 21.8 Å². The van der Waals surface area contributed by atoms with Crippen LogP contribution in [-0.4, -0.2) is 52.8 Å². The third-order valence-electron chi connectivity index (χ3n) is 8.99. The predicted molar refractivity (Wildman–Crippen MR) is 172 cm³/mol. The molecule has 0 unspecified atom stereocenters. The number of carboxylic acid groups (broad SMARTS) is 1. The molecule has 1 aliphatic heterocycles. The van der Waals surface area contributed by atoms with Crippen molar-refractivity contribution < 1.29 is 27.8 Å². The molecule has 6 rings (SSSR count). The van der Waals surface area contributed by atoms with Gasteiger partial charge >= 0.3 is 5.97 Å². The summed E-state index contributed by atoms with van der Waals surface area (Å²) >= 11 is 1.28. The first-order chi connectivity index (χ1) is 21.3. The number of hydrogen-bond acceptors (Lipinski definition) is 7. The molecule has 238 valence electrons. The summed E-state index contributed by atoms with van der Waals surface area (Å²) in [5.74, 6) is -1.28. The molecule has 2 fully saturated rings. The van der Waals surface area contributed by atoms with Gasteiger partial charge in [-0.2, -0.15) is 0 Å². The molecule has 0 radical (unpaired) electrons. The lowest BCUT2D eigenvalue weighted by molar-refractivity contribution is 0.00650. The molecule has 0 atom stereocenters. The number of nitrogens with two attached hydrogens (primary N) is 1. The zero-order chi connectivity index (χ0) is 32.1. The van der Waals surface area contributed by atoms with Crippen LogP contribution in [0.4, 0.5) is 10.1 Å². The number of sulfonamides is 1. The van der Waals surface area contributed by atoms with E-state index in [1.54, 1.807) is 6.07 Å². The van der Waals surface area contributed by atoms with Crippen molar-refractivity contribution in [1.29, 1.82) is 0 Å². The topological polar surface area (TPSA) is 139 Å². The third-order valence-corrected chi connectivity index (χ3v) is 10.8. The third kappa shape index (κ3) is 6.84. The van der Waals surface area contributed by atoms with Crippen LogP contribution in [0.2, 0.25) is 0 Å². The first kappa shape index (κ1) is 31.4. The molecule has 45 heavy (non-hydrogen) atoms. The first-order valence-electron chi connectivity index (χ1n) is 15.1. The lowest BCUT2D eigenvalue weighted by Crippen LogP contribution is -2.41. The Labute approximate surface area is 266 Å². The molecule has 1 aliphatic carbocycles. The second-order valence-corrected chi connectivity index (χ2v) is 15.1. The fourth-order valence-electron chi connectivity index (χ4n) is 6.27. The van der Waals surface area contributed by atoms with Gasteiger partial charge in [0.25, 0.3) is 0 Å². The molecule has 4 aromatic rings. The summed E-state index contributed by atoms with van der Waals surface area (Å²) < 4.78 is 40.8. The number of aliphatic hydroxyl groups is 1. The number of thiazole rings is 1. The van der Waals surface area contributed by atoms with E-state index < -0.39 is 32.3 Å². The highest BCUT2D eigenvalue weighted by Crippen LogP contribution is 2.41. The van der Waals surface area contributed by atoms with Crippen molar-refractivity contribution >= 4 is 33.0 Å². The van der Waals surface area contributed by atoms with Crippen molar-refractivity contribution in [2.24, 2.45) is 17.0 Å². The molecule has 1 saturated carbocycles. The molecule has 2 aromatic carbocycles. The molecule has 2 aromatic heterocycles. The largest absolute Gasteiger partial charge is 0.476 e. The number of nitrogens with zero attached hydrogens (tertiary/aromatic N) is 3. The van der Waals surface area contributed by atoms with E-state index in [-0.39, 0.29) is 18.2 Å². The van der Waals surface area contributed by atoms with E-state index in [2.05, 4.69) is 26.6 Å². The van der Waals surface area contributed by atoms with Crippen LogP contribution in [0.1, 0.15) is 61.3 Å². The van der Waals surface area contributed by atoms with Crippen LogP contribution in [0.3, 0.4) is 0 Å². The van der Waals surface area contributed by atoms with Gasteiger partial charge < -0.3 is 19.7 Å². The summed E-state index contributed by atoms with van der Waals surface area (Å²) in [6.07, 6.45) is 4.70. The zero-order valence-corrected chi connectivity index (χ0v) is 26.9. The summed E-state index contributed by atoms with van der Waals surface area (Å²) in [5.41, 5.74) is 4.53. The zero-order valence-electron chi connectivity index (χ0n) is 25.2. The number of piperidine rings is 1. The van der Waals surface area contributed by atoms with Gasteiger partial charge in [0.1, 0.15) is 15.7 Å². The van der Waals surface area contributed by atoms with E-state index in [9.17, 15) is 27.8 Å². The molecule has 9 nitrogen and oxygen atoms in total. The Morgan fingerprint density at radius 3 is 2.44 bits per heavy atom. The van der Waals surface area contributed by atoms with Gasteiger partial charge in [0.2, 0.25) is 10.0 Å². The maximum atomic E-state index is 14.9. The highest BCUT2D eigenvalue weighted by Gasteiger charge is 2.31. The number of benzene rings is 2. The molecule has 4 N–H and O–H groups in total. The predicted octanol–water partition coefficient (Wildman–Crippen LogP) is 5.75. The van der Waals surface area contributed by atoms with Gasteiger partial charge in [-0.25, -0.2) is 27.7 Å². The fraction of sp³-hybridized carbons (Fsp3) is 0.394. The van der Waals surface area contributed by atoms with Gasteiger partial charge in [0.15, 0.2) is 5.69 Å².